The molecule has 3 aliphatic rings. The first-order valence-corrected chi connectivity index (χ1v) is 9.56. The second-order valence-corrected chi connectivity index (χ2v) is 8.11. The van der Waals surface area contributed by atoms with Gasteiger partial charge in [0.25, 0.3) is 0 Å². The standard InChI is InChI=1S/C19H22ClN3O4/c1-4-8(2)23-16(25)13-14(17(23)26)19(22-15(13)9(3)24)11-7-10(20)5-6-12(11)21-18(19)27/h5-9,13-15,22,24H,4H2,1-3H3,(H,21,27)/t8-,9+,13+,14+,15-,19+/m1/s1. The largest absolute Gasteiger partial charge is 0.392 e. The van der Waals surface area contributed by atoms with Crippen LogP contribution in [0.5, 0.6) is 0 Å². The van der Waals surface area contributed by atoms with E-state index in [1.807, 2.05) is 13.8 Å². The summed E-state index contributed by atoms with van der Waals surface area (Å²) in [4.78, 5) is 40.8. The van der Waals surface area contributed by atoms with Gasteiger partial charge in [0, 0.05) is 28.4 Å². The molecule has 0 unspecified atom stereocenters. The third-order valence-electron chi connectivity index (χ3n) is 6.20. The number of anilines is 1. The van der Waals surface area contributed by atoms with Gasteiger partial charge in [-0.3, -0.25) is 24.6 Å². The number of imide groups is 1. The molecule has 1 aromatic carbocycles. The van der Waals surface area contributed by atoms with Gasteiger partial charge < -0.3 is 10.4 Å². The van der Waals surface area contributed by atoms with E-state index in [1.165, 1.54) is 4.90 Å². The number of amides is 3. The number of halogens is 1. The number of nitrogens with one attached hydrogen (secondary N) is 2. The van der Waals surface area contributed by atoms with Gasteiger partial charge in [-0.1, -0.05) is 18.5 Å². The molecule has 0 radical (unpaired) electrons. The Bertz CT molecular complexity index is 857. The van der Waals surface area contributed by atoms with Crippen molar-refractivity contribution in [1.82, 2.24) is 10.2 Å². The molecule has 3 heterocycles. The summed E-state index contributed by atoms with van der Waals surface area (Å²) in [5, 5.41) is 16.7. The molecule has 2 fully saturated rings. The van der Waals surface area contributed by atoms with Crippen molar-refractivity contribution in [2.75, 3.05) is 5.32 Å². The number of nitrogens with zero attached hydrogens (tertiary/aromatic N) is 1. The molecule has 7 nitrogen and oxygen atoms in total. The Kier molecular flexibility index (Phi) is 4.10. The molecular weight excluding hydrogens is 370 g/mol. The van der Waals surface area contributed by atoms with Crippen molar-refractivity contribution in [3.05, 3.63) is 28.8 Å². The van der Waals surface area contributed by atoms with Crippen molar-refractivity contribution in [3.63, 3.8) is 0 Å². The van der Waals surface area contributed by atoms with Gasteiger partial charge in [0.05, 0.1) is 17.9 Å². The number of fused-ring (bicyclic) bond motifs is 4. The van der Waals surface area contributed by atoms with Crippen LogP contribution < -0.4 is 10.6 Å². The third kappa shape index (κ3) is 2.25. The Balaban J connectivity index is 1.92. The summed E-state index contributed by atoms with van der Waals surface area (Å²) < 4.78 is 0. The zero-order valence-corrected chi connectivity index (χ0v) is 16.1. The molecule has 0 aromatic heterocycles. The number of rotatable bonds is 3. The van der Waals surface area contributed by atoms with Gasteiger partial charge in [0.2, 0.25) is 17.7 Å². The average Bonchev–Trinajstić information content (AvgIpc) is 3.20. The molecule has 0 saturated carbocycles. The van der Waals surface area contributed by atoms with Crippen LogP contribution in [0.25, 0.3) is 0 Å². The molecule has 2 saturated heterocycles. The number of likely N-dealkylation sites (tertiary alicyclic amines) is 1. The molecule has 1 spiro atoms. The van der Waals surface area contributed by atoms with E-state index in [-0.39, 0.29) is 17.9 Å². The van der Waals surface area contributed by atoms with Crippen molar-refractivity contribution >= 4 is 35.0 Å². The van der Waals surface area contributed by atoms with Gasteiger partial charge in [-0.25, -0.2) is 0 Å². The molecule has 0 aliphatic carbocycles. The van der Waals surface area contributed by atoms with Gasteiger partial charge in [0.15, 0.2) is 0 Å². The zero-order chi connectivity index (χ0) is 19.7. The van der Waals surface area contributed by atoms with Crippen LogP contribution in [-0.2, 0) is 19.9 Å². The second kappa shape index (κ2) is 6.02. The molecule has 3 amide bonds. The molecular formula is C19H22ClN3O4. The monoisotopic (exact) mass is 391 g/mol. The molecule has 3 aliphatic heterocycles. The number of carbonyl (C=O) groups is 3. The van der Waals surface area contributed by atoms with E-state index in [4.69, 9.17) is 11.6 Å². The smallest absolute Gasteiger partial charge is 0.250 e. The van der Waals surface area contributed by atoms with E-state index in [0.717, 1.165) is 0 Å². The number of hydrogen-bond acceptors (Lipinski definition) is 5. The van der Waals surface area contributed by atoms with E-state index in [9.17, 15) is 19.5 Å². The third-order valence-corrected chi connectivity index (χ3v) is 6.43. The van der Waals surface area contributed by atoms with E-state index >= 15 is 0 Å². The first-order chi connectivity index (χ1) is 12.7. The number of hydrogen-bond donors (Lipinski definition) is 3. The van der Waals surface area contributed by atoms with Crippen LogP contribution in [0.15, 0.2) is 18.2 Å². The zero-order valence-electron chi connectivity index (χ0n) is 15.3. The van der Waals surface area contributed by atoms with Crippen LogP contribution in [0.1, 0.15) is 32.8 Å². The van der Waals surface area contributed by atoms with Gasteiger partial charge >= 0.3 is 0 Å². The molecule has 27 heavy (non-hydrogen) atoms. The Morgan fingerprint density at radius 2 is 1.96 bits per heavy atom. The van der Waals surface area contributed by atoms with Crippen molar-refractivity contribution < 1.29 is 19.5 Å². The highest BCUT2D eigenvalue weighted by atomic mass is 35.5. The van der Waals surface area contributed by atoms with E-state index in [0.29, 0.717) is 22.7 Å². The fraction of sp³-hybridized carbons (Fsp3) is 0.526. The predicted molar refractivity (Wildman–Crippen MR) is 99.0 cm³/mol. The maximum atomic E-state index is 13.3. The van der Waals surface area contributed by atoms with E-state index < -0.39 is 35.4 Å². The molecule has 1 aromatic rings. The maximum Gasteiger partial charge on any atom is 0.250 e. The Labute approximate surface area is 162 Å². The number of aliphatic hydroxyl groups excluding tert-OH is 1. The number of benzene rings is 1. The molecule has 4 rings (SSSR count). The van der Waals surface area contributed by atoms with Crippen LogP contribution >= 0.6 is 11.6 Å². The molecule has 0 bridgehead atoms. The quantitative estimate of drug-likeness (QED) is 0.673. The minimum Gasteiger partial charge on any atom is -0.392 e. The Morgan fingerprint density at radius 3 is 2.59 bits per heavy atom. The van der Waals surface area contributed by atoms with Crippen molar-refractivity contribution in [1.29, 1.82) is 0 Å². The van der Waals surface area contributed by atoms with Gasteiger partial charge in [0.1, 0.15) is 5.54 Å². The van der Waals surface area contributed by atoms with Crippen LogP contribution in [0.2, 0.25) is 5.02 Å². The molecule has 144 valence electrons. The minimum absolute atomic E-state index is 0.273. The highest BCUT2D eigenvalue weighted by molar-refractivity contribution is 6.31. The van der Waals surface area contributed by atoms with E-state index in [2.05, 4.69) is 10.6 Å². The fourth-order valence-electron chi connectivity index (χ4n) is 4.76. The van der Waals surface area contributed by atoms with Crippen LogP contribution in [0.3, 0.4) is 0 Å². The lowest BCUT2D eigenvalue weighted by Gasteiger charge is -2.31. The lowest BCUT2D eigenvalue weighted by Crippen LogP contribution is -2.55. The SMILES string of the molecule is CC[C@@H](C)N1C(=O)[C@@H]2[C@@H]([C@H](C)O)N[C@]3(C(=O)Nc4ccc(Cl)cc43)[C@@H]2C1=O. The first-order valence-electron chi connectivity index (χ1n) is 9.18. The predicted octanol–water partition coefficient (Wildman–Crippen LogP) is 1.24. The van der Waals surface area contributed by atoms with Gasteiger partial charge in [-0.05, 0) is 38.5 Å². The maximum absolute atomic E-state index is 13.3. The van der Waals surface area contributed by atoms with Crippen LogP contribution in [0, 0.1) is 11.8 Å². The van der Waals surface area contributed by atoms with Crippen molar-refractivity contribution in [2.24, 2.45) is 11.8 Å². The lowest BCUT2D eigenvalue weighted by atomic mass is 9.76. The number of carbonyl (C=O) groups excluding carboxylic acids is 3. The summed E-state index contributed by atoms with van der Waals surface area (Å²) in [6, 6.07) is 4.00. The Hall–Kier alpha value is -1.96. The summed E-state index contributed by atoms with van der Waals surface area (Å²) >= 11 is 6.16. The summed E-state index contributed by atoms with van der Waals surface area (Å²) in [5.41, 5.74) is -0.309. The Morgan fingerprint density at radius 1 is 1.26 bits per heavy atom. The minimum atomic E-state index is -1.42. The van der Waals surface area contributed by atoms with Crippen molar-refractivity contribution in [3.8, 4) is 0 Å². The highest BCUT2D eigenvalue weighted by Crippen LogP contribution is 2.54. The normalized spacial score (nSPS) is 34.0. The van der Waals surface area contributed by atoms with Gasteiger partial charge in [-0.15, -0.1) is 0 Å². The first kappa shape index (κ1) is 18.4. The topological polar surface area (TPSA) is 98.7 Å². The highest BCUT2D eigenvalue weighted by Gasteiger charge is 2.71. The summed E-state index contributed by atoms with van der Waals surface area (Å²) in [6.45, 7) is 5.27. The summed E-state index contributed by atoms with van der Waals surface area (Å²) in [6.07, 6.45) is -0.299. The number of aliphatic hydroxyl groups is 1. The summed E-state index contributed by atoms with van der Waals surface area (Å²) in [7, 11) is 0. The summed E-state index contributed by atoms with van der Waals surface area (Å²) in [5.74, 6) is -2.83. The van der Waals surface area contributed by atoms with Gasteiger partial charge in [-0.2, -0.15) is 0 Å². The van der Waals surface area contributed by atoms with E-state index in [1.54, 1.807) is 25.1 Å². The van der Waals surface area contributed by atoms with Crippen LogP contribution in [0.4, 0.5) is 5.69 Å². The molecule has 6 atom stereocenters. The average molecular weight is 392 g/mol. The fourth-order valence-corrected chi connectivity index (χ4v) is 4.93. The second-order valence-electron chi connectivity index (χ2n) is 7.67. The van der Waals surface area contributed by atoms with Crippen LogP contribution in [-0.4, -0.2) is 45.9 Å². The molecule has 8 heteroatoms. The lowest BCUT2D eigenvalue weighted by molar-refractivity contribution is -0.145. The van der Waals surface area contributed by atoms with Crippen molar-refractivity contribution in [2.45, 2.75) is 50.9 Å². The molecule has 3 N–H and O–H groups in total.